The average molecular weight is 370 g/mol. The van der Waals surface area contributed by atoms with Gasteiger partial charge in [-0.25, -0.2) is 4.39 Å². The van der Waals surface area contributed by atoms with Crippen molar-refractivity contribution in [1.29, 1.82) is 0 Å². The minimum Gasteiger partial charge on any atom is -0.494 e. The molecule has 1 aromatic carbocycles. The molecule has 140 valence electrons. The number of nitrogens with zero attached hydrogens (tertiary/aromatic N) is 4. The third-order valence-corrected chi connectivity index (χ3v) is 4.50. The molecule has 3 aromatic rings. The Kier molecular flexibility index (Phi) is 5.08. The molecular weight excluding hydrogens is 351 g/mol. The van der Waals surface area contributed by atoms with Gasteiger partial charge in [0.05, 0.1) is 32.1 Å². The molecule has 0 N–H and O–H groups in total. The van der Waals surface area contributed by atoms with Crippen molar-refractivity contribution in [2.45, 2.75) is 6.04 Å². The Morgan fingerprint density at radius 2 is 2.07 bits per heavy atom. The monoisotopic (exact) mass is 370 g/mol. The molecule has 1 fully saturated rings. The molecule has 0 aliphatic carbocycles. The lowest BCUT2D eigenvalue weighted by atomic mass is 10.0. The molecule has 0 bridgehead atoms. The van der Waals surface area contributed by atoms with Gasteiger partial charge in [0.15, 0.2) is 0 Å². The van der Waals surface area contributed by atoms with Crippen LogP contribution in [0.2, 0.25) is 0 Å². The average Bonchev–Trinajstić information content (AvgIpc) is 3.18. The summed E-state index contributed by atoms with van der Waals surface area (Å²) < 4.78 is 30.2. The zero-order valence-corrected chi connectivity index (χ0v) is 14.8. The first-order valence-corrected chi connectivity index (χ1v) is 8.65. The number of halogens is 1. The number of morpholine rings is 1. The van der Waals surface area contributed by atoms with Crippen LogP contribution in [-0.4, -0.2) is 53.4 Å². The maximum Gasteiger partial charge on any atom is 0.248 e. The Morgan fingerprint density at radius 1 is 1.22 bits per heavy atom. The number of benzene rings is 1. The highest BCUT2D eigenvalue weighted by molar-refractivity contribution is 5.62. The van der Waals surface area contributed by atoms with Gasteiger partial charge in [0.25, 0.3) is 0 Å². The van der Waals surface area contributed by atoms with Gasteiger partial charge in [-0.05, 0) is 23.8 Å². The van der Waals surface area contributed by atoms with E-state index in [9.17, 15) is 4.39 Å². The largest absolute Gasteiger partial charge is 0.494 e. The van der Waals surface area contributed by atoms with Crippen LogP contribution in [-0.2, 0) is 4.74 Å². The molecule has 0 amide bonds. The summed E-state index contributed by atoms with van der Waals surface area (Å²) in [5.74, 6) is 1.05. The first-order chi connectivity index (χ1) is 13.3. The van der Waals surface area contributed by atoms with Crippen LogP contribution in [0.3, 0.4) is 0 Å². The van der Waals surface area contributed by atoms with Crippen molar-refractivity contribution >= 4 is 0 Å². The van der Waals surface area contributed by atoms with Crippen molar-refractivity contribution in [2.75, 3.05) is 33.4 Å². The lowest BCUT2D eigenvalue weighted by Crippen LogP contribution is -2.39. The standard InChI is InChI=1S/C19H19FN4O3/c1-25-16-12-21-6-5-15(16)18-22-19(27-23-18)17(24-7-9-26-10-8-24)13-3-2-4-14(20)11-13/h2-6,11-12,17H,7-10H2,1H3. The zero-order chi connectivity index (χ0) is 18.6. The highest BCUT2D eigenvalue weighted by atomic mass is 19.1. The normalized spacial score (nSPS) is 16.2. The van der Waals surface area contributed by atoms with Gasteiger partial charge in [0.1, 0.15) is 17.6 Å². The van der Waals surface area contributed by atoms with Gasteiger partial charge in [0.2, 0.25) is 11.7 Å². The summed E-state index contributed by atoms with van der Waals surface area (Å²) in [6.45, 7) is 2.59. The maximum absolute atomic E-state index is 13.8. The summed E-state index contributed by atoms with van der Waals surface area (Å²) in [5, 5.41) is 4.11. The molecule has 1 aliphatic rings. The molecular formula is C19H19FN4O3. The number of rotatable bonds is 5. The van der Waals surface area contributed by atoms with E-state index in [2.05, 4.69) is 20.0 Å². The van der Waals surface area contributed by atoms with E-state index < -0.39 is 0 Å². The number of aromatic nitrogens is 3. The van der Waals surface area contributed by atoms with Gasteiger partial charge in [-0.2, -0.15) is 4.98 Å². The SMILES string of the molecule is COc1cnccc1-c1noc(C(c2cccc(F)c2)N2CCOCC2)n1. The van der Waals surface area contributed by atoms with Crippen LogP contribution in [0.4, 0.5) is 4.39 Å². The minimum atomic E-state index is -0.348. The van der Waals surface area contributed by atoms with Gasteiger partial charge in [0, 0.05) is 19.3 Å². The fourth-order valence-electron chi connectivity index (χ4n) is 3.20. The van der Waals surface area contributed by atoms with E-state index in [-0.39, 0.29) is 11.9 Å². The summed E-state index contributed by atoms with van der Waals surface area (Å²) in [7, 11) is 1.56. The molecule has 3 heterocycles. The second-order valence-electron chi connectivity index (χ2n) is 6.14. The van der Waals surface area contributed by atoms with Crippen LogP contribution in [0, 0.1) is 5.82 Å². The number of ether oxygens (including phenoxy) is 2. The quantitative estimate of drug-likeness (QED) is 0.684. The van der Waals surface area contributed by atoms with Crippen LogP contribution < -0.4 is 4.74 Å². The van der Waals surface area contributed by atoms with E-state index in [1.54, 1.807) is 31.6 Å². The van der Waals surface area contributed by atoms with Crippen LogP contribution >= 0.6 is 0 Å². The molecule has 4 rings (SSSR count). The predicted molar refractivity (Wildman–Crippen MR) is 94.7 cm³/mol. The molecule has 2 aromatic heterocycles. The molecule has 1 saturated heterocycles. The van der Waals surface area contributed by atoms with Crippen LogP contribution in [0.1, 0.15) is 17.5 Å². The summed E-state index contributed by atoms with van der Waals surface area (Å²) >= 11 is 0. The van der Waals surface area contributed by atoms with E-state index >= 15 is 0 Å². The van der Waals surface area contributed by atoms with Crippen molar-refractivity contribution in [2.24, 2.45) is 0 Å². The number of hydrogen-bond acceptors (Lipinski definition) is 7. The maximum atomic E-state index is 13.8. The van der Waals surface area contributed by atoms with Crippen molar-refractivity contribution in [3.63, 3.8) is 0 Å². The van der Waals surface area contributed by atoms with E-state index in [0.29, 0.717) is 49.3 Å². The molecule has 8 heteroatoms. The third kappa shape index (κ3) is 3.67. The second-order valence-corrected chi connectivity index (χ2v) is 6.14. The molecule has 0 spiro atoms. The number of hydrogen-bond donors (Lipinski definition) is 0. The first kappa shape index (κ1) is 17.6. The Labute approximate surface area is 155 Å². The summed E-state index contributed by atoms with van der Waals surface area (Å²) in [5.41, 5.74) is 1.44. The van der Waals surface area contributed by atoms with E-state index in [1.807, 2.05) is 6.07 Å². The molecule has 27 heavy (non-hydrogen) atoms. The molecule has 1 unspecified atom stereocenters. The predicted octanol–water partition coefficient (Wildman–Crippen LogP) is 2.70. The third-order valence-electron chi connectivity index (χ3n) is 4.50. The van der Waals surface area contributed by atoms with Crippen LogP contribution in [0.15, 0.2) is 47.2 Å². The van der Waals surface area contributed by atoms with Gasteiger partial charge >= 0.3 is 0 Å². The topological polar surface area (TPSA) is 73.5 Å². The van der Waals surface area contributed by atoms with E-state index in [0.717, 1.165) is 5.56 Å². The van der Waals surface area contributed by atoms with Crippen molar-refractivity contribution in [1.82, 2.24) is 20.0 Å². The number of pyridine rings is 1. The summed E-state index contributed by atoms with van der Waals surface area (Å²) in [6.07, 6.45) is 3.23. The van der Waals surface area contributed by atoms with Crippen molar-refractivity contribution < 1.29 is 18.4 Å². The smallest absolute Gasteiger partial charge is 0.248 e. The van der Waals surface area contributed by atoms with Crippen molar-refractivity contribution in [3.8, 4) is 17.1 Å². The lowest BCUT2D eigenvalue weighted by molar-refractivity contribution is 0.0180. The molecule has 1 atom stereocenters. The highest BCUT2D eigenvalue weighted by Gasteiger charge is 2.30. The van der Waals surface area contributed by atoms with E-state index in [1.165, 1.54) is 12.1 Å². The molecule has 7 nitrogen and oxygen atoms in total. The first-order valence-electron chi connectivity index (χ1n) is 8.65. The highest BCUT2D eigenvalue weighted by Crippen LogP contribution is 2.32. The fraction of sp³-hybridized carbons (Fsp3) is 0.316. The van der Waals surface area contributed by atoms with Gasteiger partial charge < -0.3 is 14.0 Å². The lowest BCUT2D eigenvalue weighted by Gasteiger charge is -2.32. The molecule has 0 radical (unpaired) electrons. The minimum absolute atomic E-state index is 0.304. The van der Waals surface area contributed by atoms with E-state index in [4.69, 9.17) is 14.0 Å². The Balaban J connectivity index is 1.73. The molecule has 1 aliphatic heterocycles. The number of methoxy groups -OCH3 is 1. The van der Waals surface area contributed by atoms with Crippen molar-refractivity contribution in [3.05, 3.63) is 60.0 Å². The van der Waals surface area contributed by atoms with Crippen LogP contribution in [0.5, 0.6) is 5.75 Å². The van der Waals surface area contributed by atoms with Crippen LogP contribution in [0.25, 0.3) is 11.4 Å². The van der Waals surface area contributed by atoms with Gasteiger partial charge in [-0.1, -0.05) is 17.3 Å². The Hall–Kier alpha value is -2.84. The zero-order valence-electron chi connectivity index (χ0n) is 14.8. The van der Waals surface area contributed by atoms with Gasteiger partial charge in [-0.15, -0.1) is 0 Å². The molecule has 0 saturated carbocycles. The Morgan fingerprint density at radius 3 is 2.85 bits per heavy atom. The fourth-order valence-corrected chi connectivity index (χ4v) is 3.20. The Bertz CT molecular complexity index is 911. The summed E-state index contributed by atoms with van der Waals surface area (Å²) in [4.78, 5) is 10.8. The van der Waals surface area contributed by atoms with Gasteiger partial charge in [-0.3, -0.25) is 9.88 Å². The summed E-state index contributed by atoms with van der Waals surface area (Å²) in [6, 6.07) is 7.87. The second kappa shape index (κ2) is 7.81.